The fourth-order valence-corrected chi connectivity index (χ4v) is 3.73. The maximum atomic E-state index is 12.4. The molecule has 0 fully saturated rings. The Labute approximate surface area is 128 Å². The molecule has 1 aliphatic rings. The zero-order valence-corrected chi connectivity index (χ0v) is 18.4. The standard InChI is InChI=1S/C15H19O2.CH3.Hg/c1-6-7-8-15(4,5)12-9-13(16)10(2)11(3)14(12)17;;/h7,9H,8H2,1-5H3;1H3;. The van der Waals surface area contributed by atoms with Crippen molar-refractivity contribution in [3.8, 4) is 0 Å². The number of carbonyl (C=O) groups excluding carboxylic acids is 2. The number of hydrogen-bond donors (Lipinski definition) is 0. The van der Waals surface area contributed by atoms with Crippen molar-refractivity contribution in [3.05, 3.63) is 32.0 Å². The van der Waals surface area contributed by atoms with E-state index in [-0.39, 0.29) is 17.0 Å². The van der Waals surface area contributed by atoms with Gasteiger partial charge in [-0.15, -0.1) is 0 Å². The molecule has 0 spiro atoms. The van der Waals surface area contributed by atoms with Crippen molar-refractivity contribution in [2.24, 2.45) is 5.41 Å². The Morgan fingerprint density at radius 2 is 1.84 bits per heavy atom. The quantitative estimate of drug-likeness (QED) is 0.485. The second-order valence-corrected chi connectivity index (χ2v) is 13.1. The summed E-state index contributed by atoms with van der Waals surface area (Å²) in [5, 5.41) is 0. The molecule has 0 aromatic heterocycles. The third-order valence-electron chi connectivity index (χ3n) is 4.04. The van der Waals surface area contributed by atoms with Gasteiger partial charge in [-0.05, 0) is 0 Å². The summed E-state index contributed by atoms with van der Waals surface area (Å²) in [5.74, 6) is 0.0191. The minimum atomic E-state index is -0.802. The molecule has 0 aromatic carbocycles. The van der Waals surface area contributed by atoms with Crippen molar-refractivity contribution in [3.63, 3.8) is 0 Å². The van der Waals surface area contributed by atoms with Crippen molar-refractivity contribution in [2.75, 3.05) is 0 Å². The van der Waals surface area contributed by atoms with Gasteiger partial charge >= 0.3 is 129 Å². The number of ketones is 2. The van der Waals surface area contributed by atoms with Crippen LogP contribution in [0.25, 0.3) is 0 Å². The summed E-state index contributed by atoms with van der Waals surface area (Å²) >= 11 is -0.802. The molecule has 0 N–H and O–H groups in total. The Hall–Kier alpha value is -0.505. The Kier molecular flexibility index (Phi) is 5.48. The molecule has 19 heavy (non-hydrogen) atoms. The molecule has 2 nitrogen and oxygen atoms in total. The van der Waals surface area contributed by atoms with Crippen LogP contribution in [-0.2, 0) is 34.2 Å². The second-order valence-electron chi connectivity index (χ2n) is 5.99. The monoisotopic (exact) mass is 448 g/mol. The summed E-state index contributed by atoms with van der Waals surface area (Å²) < 4.78 is 3.87. The zero-order chi connectivity index (χ0) is 14.8. The molecule has 100 valence electrons. The van der Waals surface area contributed by atoms with Crippen LogP contribution in [0.15, 0.2) is 32.0 Å². The Bertz CT molecular complexity index is 505. The summed E-state index contributed by atoms with van der Waals surface area (Å²) in [6.07, 6.45) is 4.65. The summed E-state index contributed by atoms with van der Waals surface area (Å²) in [7, 11) is 0. The predicted octanol–water partition coefficient (Wildman–Crippen LogP) is 3.85. The van der Waals surface area contributed by atoms with E-state index in [1.165, 1.54) is 3.08 Å². The molecule has 0 saturated carbocycles. The van der Waals surface area contributed by atoms with Gasteiger partial charge < -0.3 is 0 Å². The normalized spacial score (nSPS) is 17.6. The van der Waals surface area contributed by atoms with Gasteiger partial charge in [0.2, 0.25) is 0 Å². The van der Waals surface area contributed by atoms with Gasteiger partial charge in [0.25, 0.3) is 0 Å². The van der Waals surface area contributed by atoms with Crippen molar-refractivity contribution < 1.29 is 34.2 Å². The molecule has 0 aromatic rings. The summed E-state index contributed by atoms with van der Waals surface area (Å²) in [6.45, 7) is 9.77. The number of rotatable bonds is 4. The summed E-state index contributed by atoms with van der Waals surface area (Å²) in [6, 6.07) is 0. The van der Waals surface area contributed by atoms with Gasteiger partial charge in [-0.1, -0.05) is 0 Å². The van der Waals surface area contributed by atoms with Crippen LogP contribution in [0.3, 0.4) is 0 Å². The van der Waals surface area contributed by atoms with Crippen LogP contribution >= 0.6 is 0 Å². The maximum absolute atomic E-state index is 12.4. The van der Waals surface area contributed by atoms with Crippen molar-refractivity contribution in [1.29, 1.82) is 0 Å². The van der Waals surface area contributed by atoms with E-state index < -0.39 is 24.6 Å². The van der Waals surface area contributed by atoms with Crippen molar-refractivity contribution >= 4 is 11.6 Å². The minimum absolute atomic E-state index is 0.0173. The third-order valence-corrected chi connectivity index (χ3v) is 9.50. The Morgan fingerprint density at radius 3 is 2.37 bits per heavy atom. The van der Waals surface area contributed by atoms with E-state index in [9.17, 15) is 9.59 Å². The molecule has 0 bridgehead atoms. The topological polar surface area (TPSA) is 34.1 Å². The molecule has 0 heterocycles. The fourth-order valence-electron chi connectivity index (χ4n) is 2.05. The summed E-state index contributed by atoms with van der Waals surface area (Å²) in [5.41, 5.74) is 1.59. The number of Topliss-reactive ketones (excluding diaryl/α,β-unsaturated/α-hetero) is 1. The first kappa shape index (κ1) is 16.5. The Balaban J connectivity index is 3.06. The van der Waals surface area contributed by atoms with Gasteiger partial charge in [-0.3, -0.25) is 0 Å². The van der Waals surface area contributed by atoms with Gasteiger partial charge in [-0.25, -0.2) is 0 Å². The van der Waals surface area contributed by atoms with E-state index in [4.69, 9.17) is 0 Å². The molecule has 0 amide bonds. The molecule has 3 heteroatoms. The molecule has 0 aliphatic heterocycles. The first-order valence-electron chi connectivity index (χ1n) is 6.85. The average Bonchev–Trinajstić information content (AvgIpc) is 2.37. The van der Waals surface area contributed by atoms with E-state index in [0.717, 1.165) is 6.42 Å². The van der Waals surface area contributed by atoms with Gasteiger partial charge in [0.05, 0.1) is 0 Å². The number of allylic oxidation sites excluding steroid dienone is 6. The second kappa shape index (κ2) is 6.30. The van der Waals surface area contributed by atoms with Gasteiger partial charge in [0, 0.05) is 0 Å². The van der Waals surface area contributed by atoms with Crippen LogP contribution in [0.2, 0.25) is 4.43 Å². The van der Waals surface area contributed by atoms with Gasteiger partial charge in [0.15, 0.2) is 0 Å². The molecule has 1 rings (SSSR count). The van der Waals surface area contributed by atoms with Crippen LogP contribution in [0, 0.1) is 5.41 Å². The zero-order valence-electron chi connectivity index (χ0n) is 12.9. The van der Waals surface area contributed by atoms with Crippen LogP contribution in [0.1, 0.15) is 41.0 Å². The van der Waals surface area contributed by atoms with Crippen LogP contribution < -0.4 is 0 Å². The summed E-state index contributed by atoms with van der Waals surface area (Å²) in [4.78, 5) is 24.3. The third kappa shape index (κ3) is 3.74. The van der Waals surface area contributed by atoms with Crippen molar-refractivity contribution in [2.45, 2.75) is 45.5 Å². The molecule has 1 aliphatic carbocycles. The van der Waals surface area contributed by atoms with Crippen LogP contribution in [0.4, 0.5) is 0 Å². The van der Waals surface area contributed by atoms with Gasteiger partial charge in [0.1, 0.15) is 0 Å². The molecule has 0 unspecified atom stereocenters. The average molecular weight is 447 g/mol. The first-order valence-corrected chi connectivity index (χ1v) is 15.1. The molecular formula is C16H22HgO2. The van der Waals surface area contributed by atoms with E-state index in [1.54, 1.807) is 19.9 Å². The van der Waals surface area contributed by atoms with Gasteiger partial charge in [-0.2, -0.15) is 0 Å². The van der Waals surface area contributed by atoms with E-state index in [1.807, 2.05) is 13.8 Å². The van der Waals surface area contributed by atoms with Crippen LogP contribution in [-0.4, -0.2) is 11.6 Å². The van der Waals surface area contributed by atoms with E-state index in [2.05, 4.69) is 17.4 Å². The first-order chi connectivity index (χ1) is 8.70. The molecule has 0 saturated heterocycles. The van der Waals surface area contributed by atoms with Crippen LogP contribution in [0.5, 0.6) is 0 Å². The fraction of sp³-hybridized carbons (Fsp3) is 0.500. The van der Waals surface area contributed by atoms with E-state index >= 15 is 0 Å². The molecule has 0 atom stereocenters. The Morgan fingerprint density at radius 1 is 1.26 bits per heavy atom. The molecule has 0 radical (unpaired) electrons. The molecular weight excluding hydrogens is 425 g/mol. The van der Waals surface area contributed by atoms with E-state index in [0.29, 0.717) is 16.7 Å². The van der Waals surface area contributed by atoms with Crippen molar-refractivity contribution in [1.82, 2.24) is 0 Å². The number of carbonyl (C=O) groups is 2. The predicted molar refractivity (Wildman–Crippen MR) is 74.5 cm³/mol. The SMILES string of the molecule is [CH3][Hg]/[C](C)=C/CC(C)(C)C1=CC(=O)C(C)=C(C)C1=O. The number of hydrogen-bond acceptors (Lipinski definition) is 2.